The molecule has 2 aliphatic rings. The van der Waals surface area contributed by atoms with E-state index in [2.05, 4.69) is 95.6 Å². The molecule has 0 spiro atoms. The van der Waals surface area contributed by atoms with E-state index < -0.39 is 0 Å². The van der Waals surface area contributed by atoms with Crippen LogP contribution in [0.3, 0.4) is 0 Å². The summed E-state index contributed by atoms with van der Waals surface area (Å²) in [6.45, 7) is 3.06. The van der Waals surface area contributed by atoms with Gasteiger partial charge in [0, 0.05) is 62.0 Å². The minimum Gasteiger partial charge on any atom is -0.300 e. The third kappa shape index (κ3) is 27.3. The van der Waals surface area contributed by atoms with Gasteiger partial charge in [0.1, 0.15) is 24.1 Å². The third-order valence-corrected chi connectivity index (χ3v) is 12.9. The maximum Gasteiger partial charge on any atom is 0.185 e. The minimum absolute atomic E-state index is 0.0316. The predicted octanol–water partition coefficient (Wildman–Crippen LogP) is 18.6. The lowest BCUT2D eigenvalue weighted by molar-refractivity contribution is -0.120. The Kier molecular flexibility index (Phi) is 30.2. The fourth-order valence-electron chi connectivity index (χ4n) is 6.40. The molecule has 372 valence electrons. The predicted molar refractivity (Wildman–Crippen MR) is 318 cm³/mol. The van der Waals surface area contributed by atoms with E-state index in [1.807, 2.05) is 133 Å². The molecule has 6 aromatic carbocycles. The number of benzene rings is 6. The van der Waals surface area contributed by atoms with Gasteiger partial charge in [0.25, 0.3) is 0 Å². The number of rotatable bonds is 8. The van der Waals surface area contributed by atoms with Gasteiger partial charge in [-0.15, -0.1) is 0 Å². The van der Waals surface area contributed by atoms with Crippen molar-refractivity contribution in [3.05, 3.63) is 229 Å². The minimum atomic E-state index is -0.0316. The van der Waals surface area contributed by atoms with Gasteiger partial charge in [-0.25, -0.2) is 0 Å². The van der Waals surface area contributed by atoms with E-state index in [-0.39, 0.29) is 17.3 Å². The van der Waals surface area contributed by atoms with Gasteiger partial charge >= 0.3 is 0 Å². The Labute approximate surface area is 474 Å². The fourth-order valence-corrected chi connectivity index (χ4v) is 8.44. The first-order chi connectivity index (χ1) is 34.5. The van der Waals surface area contributed by atoms with Crippen molar-refractivity contribution >= 4 is 156 Å². The fraction of sp³-hybridized carbons (Fsp3) is 0.167. The Balaban J connectivity index is 0.000000250. The van der Waals surface area contributed by atoms with Crippen molar-refractivity contribution in [3.8, 4) is 0 Å². The van der Waals surface area contributed by atoms with Crippen LogP contribution in [0.2, 0.25) is 0 Å². The van der Waals surface area contributed by atoms with Crippen LogP contribution in [0.5, 0.6) is 0 Å². The maximum atomic E-state index is 12.7. The van der Waals surface area contributed by atoms with Crippen LogP contribution in [0.15, 0.2) is 196 Å². The van der Waals surface area contributed by atoms with E-state index in [0.29, 0.717) is 16.9 Å². The highest BCUT2D eigenvalue weighted by molar-refractivity contribution is 9.11. The van der Waals surface area contributed by atoms with E-state index >= 15 is 0 Å². The number of allylic oxidation sites excluding steroid dienone is 4. The van der Waals surface area contributed by atoms with Gasteiger partial charge < -0.3 is 4.79 Å². The van der Waals surface area contributed by atoms with Crippen LogP contribution in [-0.4, -0.2) is 35.7 Å². The van der Waals surface area contributed by atoms with Crippen LogP contribution in [0, 0.1) is 0 Å². The summed E-state index contributed by atoms with van der Waals surface area (Å²) < 4.78 is 6.03. The average Bonchev–Trinajstić information content (AvgIpc) is 3.36. The monoisotopic (exact) mass is 1340 g/mol. The number of halogens is 6. The molecule has 0 heterocycles. The number of ketones is 4. The number of carbonyl (C=O) groups is 6. The second-order valence-corrected chi connectivity index (χ2v) is 21.6. The van der Waals surface area contributed by atoms with Gasteiger partial charge in [-0.3, -0.25) is 24.0 Å². The van der Waals surface area contributed by atoms with Crippen LogP contribution < -0.4 is 0 Å². The molecule has 0 N–H and O–H groups in total. The van der Waals surface area contributed by atoms with Gasteiger partial charge in [-0.05, 0) is 165 Å². The number of aldehydes is 2. The summed E-state index contributed by atoms with van der Waals surface area (Å²) in [4.78, 5) is 64.6. The molecule has 0 bridgehead atoms. The Hall–Kier alpha value is -4.82. The van der Waals surface area contributed by atoms with Crippen molar-refractivity contribution in [1.82, 2.24) is 0 Å². The number of hydrogen-bond acceptors (Lipinski definition) is 6. The topological polar surface area (TPSA) is 102 Å². The van der Waals surface area contributed by atoms with E-state index in [0.717, 1.165) is 118 Å². The zero-order chi connectivity index (χ0) is 52.7. The molecular formula is C60H54Br6O6. The van der Waals surface area contributed by atoms with Gasteiger partial charge in [-0.2, -0.15) is 0 Å². The number of carbonyl (C=O) groups excluding carboxylic acids is 6. The lowest BCUT2D eigenvalue weighted by Gasteiger charge is -2.16. The highest BCUT2D eigenvalue weighted by Crippen LogP contribution is 2.29. The number of Topliss-reactive ketones (excluding diaryl/α,β-unsaturated/α-hetero) is 3. The van der Waals surface area contributed by atoms with Crippen molar-refractivity contribution in [2.24, 2.45) is 0 Å². The van der Waals surface area contributed by atoms with Crippen LogP contribution in [-0.2, 0) is 19.2 Å². The molecule has 8 rings (SSSR count). The standard InChI is InChI=1S/C20H16Br2O.C17H12Br2O.2C7H5BrO.C6H10O.C3H6O/c21-18-8-1-4-14(12-18)10-16-6-3-7-17(20(16)23)11-15-5-2-9-19(22)13-15;18-15-7-1-13(2-8-15)5-11-17(20)12-6-14-3-9-16(19)10-4-14;8-7-3-1-6(5-9)2-4-7;8-7-3-1-2-6(4-7)5-9;7-6-4-2-1-3-5-6;1-3(2)4/h1-2,4-5,8-13H,3,6-7H2;1-12H;2*1-5H;1-5H2;1-2H3/b16-10+,17-11+;11-5+,12-6+;;;;. The molecule has 6 nitrogen and oxygen atoms in total. The first-order valence-electron chi connectivity index (χ1n) is 22.8. The van der Waals surface area contributed by atoms with Gasteiger partial charge in [0.15, 0.2) is 11.6 Å². The van der Waals surface area contributed by atoms with Crippen molar-refractivity contribution < 1.29 is 28.8 Å². The Morgan fingerprint density at radius 1 is 0.403 bits per heavy atom. The van der Waals surface area contributed by atoms with E-state index in [4.69, 9.17) is 0 Å². The summed E-state index contributed by atoms with van der Waals surface area (Å²) in [6.07, 6.45) is 20.4. The maximum absolute atomic E-state index is 12.7. The molecule has 2 aliphatic carbocycles. The van der Waals surface area contributed by atoms with Crippen molar-refractivity contribution in [2.45, 2.75) is 65.2 Å². The highest BCUT2D eigenvalue weighted by Gasteiger charge is 2.20. The lowest BCUT2D eigenvalue weighted by atomic mass is 9.87. The van der Waals surface area contributed by atoms with E-state index in [1.165, 1.54) is 20.3 Å². The quantitative estimate of drug-likeness (QED) is 0.111. The van der Waals surface area contributed by atoms with Crippen LogP contribution in [0.25, 0.3) is 24.3 Å². The molecule has 12 heteroatoms. The second kappa shape index (κ2) is 35.4. The smallest absolute Gasteiger partial charge is 0.185 e. The second-order valence-electron chi connectivity index (χ2n) is 16.2. The number of hydrogen-bond donors (Lipinski definition) is 0. The van der Waals surface area contributed by atoms with Crippen LogP contribution >= 0.6 is 95.6 Å². The average molecular weight is 1350 g/mol. The molecule has 72 heavy (non-hydrogen) atoms. The summed E-state index contributed by atoms with van der Waals surface area (Å²) in [5.74, 6) is 0.776. The molecule has 0 unspecified atom stereocenters. The molecule has 0 radical (unpaired) electrons. The first kappa shape index (κ1) is 61.5. The van der Waals surface area contributed by atoms with Crippen LogP contribution in [0.1, 0.15) is 108 Å². The molecule has 0 aromatic heterocycles. The zero-order valence-corrected chi connectivity index (χ0v) is 49.4. The summed E-state index contributed by atoms with van der Waals surface area (Å²) in [7, 11) is 0. The molecular weight excluding hydrogens is 1300 g/mol. The molecule has 0 amide bonds. The van der Waals surface area contributed by atoms with Crippen molar-refractivity contribution in [2.75, 3.05) is 0 Å². The van der Waals surface area contributed by atoms with Gasteiger partial charge in [-0.1, -0.05) is 187 Å². The molecule has 6 aromatic rings. The lowest BCUT2D eigenvalue weighted by Crippen LogP contribution is -2.12. The SMILES string of the molecule is CC(C)=O.O=C(/C=C/c1ccc(Br)cc1)/C=C/c1ccc(Br)cc1.O=C1/C(=C/c2cccc(Br)c2)CCC/C1=C\c1cccc(Br)c1.O=C1CCCCC1.O=Cc1ccc(Br)cc1.O=Cc1cccc(Br)c1. The summed E-state index contributed by atoms with van der Waals surface area (Å²) >= 11 is 20.2. The van der Waals surface area contributed by atoms with Crippen molar-refractivity contribution in [1.29, 1.82) is 0 Å². The van der Waals surface area contributed by atoms with Crippen LogP contribution in [0.4, 0.5) is 0 Å². The molecule has 0 saturated heterocycles. The molecule has 0 atom stereocenters. The Bertz CT molecular complexity index is 2690. The normalized spacial score (nSPS) is 13.9. The molecule has 0 aliphatic heterocycles. The Morgan fingerprint density at radius 3 is 1.07 bits per heavy atom. The zero-order valence-electron chi connectivity index (χ0n) is 39.8. The Morgan fingerprint density at radius 2 is 0.750 bits per heavy atom. The van der Waals surface area contributed by atoms with Gasteiger partial charge in [0.05, 0.1) is 0 Å². The largest absolute Gasteiger partial charge is 0.300 e. The van der Waals surface area contributed by atoms with Crippen molar-refractivity contribution in [3.63, 3.8) is 0 Å². The van der Waals surface area contributed by atoms with E-state index in [9.17, 15) is 28.8 Å². The summed E-state index contributed by atoms with van der Waals surface area (Å²) in [5, 5.41) is 0. The van der Waals surface area contributed by atoms with Gasteiger partial charge in [0.2, 0.25) is 0 Å². The van der Waals surface area contributed by atoms with E-state index in [1.54, 1.807) is 48.6 Å². The molecule has 2 fully saturated rings. The highest BCUT2D eigenvalue weighted by atomic mass is 79.9. The first-order valence-corrected chi connectivity index (χ1v) is 27.6. The third-order valence-electron chi connectivity index (χ3n) is 9.88. The summed E-state index contributed by atoms with van der Waals surface area (Å²) in [6, 6.07) is 46.1. The molecule has 2 saturated carbocycles. The summed E-state index contributed by atoms with van der Waals surface area (Å²) in [5.41, 5.74) is 7.32.